The van der Waals surface area contributed by atoms with E-state index < -0.39 is 17.7 Å². The number of hydrogen-bond acceptors (Lipinski definition) is 5. The summed E-state index contributed by atoms with van der Waals surface area (Å²) in [5.74, 6) is -0.720. The number of aromatic nitrogens is 1. The van der Waals surface area contributed by atoms with Crippen molar-refractivity contribution in [2.45, 2.75) is 39.9 Å². The van der Waals surface area contributed by atoms with Crippen molar-refractivity contribution in [2.24, 2.45) is 0 Å². The first-order valence-corrected chi connectivity index (χ1v) is 9.26. The molecule has 6 nitrogen and oxygen atoms in total. The Balaban J connectivity index is 1.92. The van der Waals surface area contributed by atoms with E-state index in [0.29, 0.717) is 22.0 Å². The normalized spacial score (nSPS) is 11.3. The first kappa shape index (κ1) is 20.3. The van der Waals surface area contributed by atoms with E-state index in [9.17, 15) is 14.4 Å². The zero-order valence-electron chi connectivity index (χ0n) is 16.9. The Morgan fingerprint density at radius 3 is 2.31 bits per heavy atom. The maximum absolute atomic E-state index is 12.5. The minimum absolute atomic E-state index is 0.149. The summed E-state index contributed by atoms with van der Waals surface area (Å²) in [7, 11) is 0. The summed E-state index contributed by atoms with van der Waals surface area (Å²) in [6.07, 6.45) is 0.856. The third-order valence-corrected chi connectivity index (χ3v) is 4.22. The maximum atomic E-state index is 12.5. The van der Waals surface area contributed by atoms with Gasteiger partial charge in [-0.3, -0.25) is 9.36 Å². The molecule has 29 heavy (non-hydrogen) atoms. The predicted octanol–water partition coefficient (Wildman–Crippen LogP) is 4.98. The van der Waals surface area contributed by atoms with E-state index in [-0.39, 0.29) is 12.4 Å². The van der Waals surface area contributed by atoms with E-state index in [2.05, 4.69) is 0 Å². The Kier molecular flexibility index (Phi) is 5.55. The molecule has 1 heterocycles. The van der Waals surface area contributed by atoms with Gasteiger partial charge in [0.1, 0.15) is 12.2 Å². The van der Waals surface area contributed by atoms with Crippen LogP contribution in [0.5, 0.6) is 0 Å². The van der Waals surface area contributed by atoms with Gasteiger partial charge in [-0.25, -0.2) is 9.59 Å². The second-order valence-corrected chi connectivity index (χ2v) is 7.74. The van der Waals surface area contributed by atoms with Crippen molar-refractivity contribution in [3.8, 4) is 0 Å². The molecule has 0 unspecified atom stereocenters. The van der Waals surface area contributed by atoms with Crippen molar-refractivity contribution >= 4 is 28.7 Å². The Hall–Kier alpha value is -3.41. The van der Waals surface area contributed by atoms with Gasteiger partial charge in [0.15, 0.2) is 5.78 Å². The van der Waals surface area contributed by atoms with Crippen LogP contribution in [0.4, 0.5) is 4.79 Å². The van der Waals surface area contributed by atoms with Crippen LogP contribution >= 0.6 is 0 Å². The van der Waals surface area contributed by atoms with Crippen molar-refractivity contribution in [3.63, 3.8) is 0 Å². The average molecular weight is 393 g/mol. The number of benzene rings is 2. The molecule has 3 rings (SSSR count). The average Bonchev–Trinajstić information content (AvgIpc) is 3.05. The van der Waals surface area contributed by atoms with Crippen LogP contribution in [-0.4, -0.2) is 28.0 Å². The van der Waals surface area contributed by atoms with Gasteiger partial charge >= 0.3 is 12.1 Å². The zero-order chi connectivity index (χ0) is 21.2. The number of ketones is 1. The summed E-state index contributed by atoms with van der Waals surface area (Å²) in [6.45, 7) is 6.86. The molecule has 2 aromatic carbocycles. The Labute approximate surface area is 169 Å². The van der Waals surface area contributed by atoms with Gasteiger partial charge in [-0.05, 0) is 51.5 Å². The van der Waals surface area contributed by atoms with Crippen LogP contribution in [0.2, 0.25) is 0 Å². The molecule has 0 bridgehead atoms. The summed E-state index contributed by atoms with van der Waals surface area (Å²) < 4.78 is 12.1. The van der Waals surface area contributed by atoms with E-state index in [4.69, 9.17) is 9.47 Å². The third kappa shape index (κ3) is 4.71. The second kappa shape index (κ2) is 7.91. The minimum atomic E-state index is -0.675. The van der Waals surface area contributed by atoms with Crippen molar-refractivity contribution in [3.05, 3.63) is 71.4 Å². The largest absolute Gasteiger partial charge is 0.457 e. The number of fused-ring (bicyclic) bond motifs is 1. The molecule has 0 atom stereocenters. The van der Waals surface area contributed by atoms with Gasteiger partial charge in [0.05, 0.1) is 11.1 Å². The Morgan fingerprint density at radius 2 is 1.69 bits per heavy atom. The SMILES string of the molecule is CC(=O)c1cn(C(=O)OC(C)(C)C)c2ccc(C(=O)OCc3ccccc3)cc12. The smallest absolute Gasteiger partial charge is 0.419 e. The predicted molar refractivity (Wildman–Crippen MR) is 109 cm³/mol. The van der Waals surface area contributed by atoms with Gasteiger partial charge in [-0.15, -0.1) is 0 Å². The van der Waals surface area contributed by atoms with Crippen LogP contribution in [0.15, 0.2) is 54.7 Å². The standard InChI is InChI=1S/C23H23NO5/c1-15(25)19-13-24(22(27)29-23(2,3)4)20-11-10-17(12-18(19)20)21(26)28-14-16-8-6-5-7-9-16/h5-13H,14H2,1-4H3. The number of carbonyl (C=O) groups is 3. The van der Waals surface area contributed by atoms with Crippen molar-refractivity contribution in [2.75, 3.05) is 0 Å². The monoisotopic (exact) mass is 393 g/mol. The van der Waals surface area contributed by atoms with Crippen LogP contribution in [-0.2, 0) is 16.1 Å². The number of ether oxygens (including phenoxy) is 2. The first-order valence-electron chi connectivity index (χ1n) is 9.26. The quantitative estimate of drug-likeness (QED) is 0.461. The van der Waals surface area contributed by atoms with Gasteiger partial charge in [-0.2, -0.15) is 0 Å². The fourth-order valence-corrected chi connectivity index (χ4v) is 2.91. The molecule has 6 heteroatoms. The van der Waals surface area contributed by atoms with Gasteiger partial charge < -0.3 is 9.47 Å². The lowest BCUT2D eigenvalue weighted by atomic mass is 10.1. The number of rotatable bonds is 4. The van der Waals surface area contributed by atoms with E-state index in [1.165, 1.54) is 17.7 Å². The summed E-state index contributed by atoms with van der Waals surface area (Å²) in [5.41, 5.74) is 1.33. The highest BCUT2D eigenvalue weighted by molar-refractivity contribution is 6.10. The fraction of sp³-hybridized carbons (Fsp3) is 0.261. The summed E-state index contributed by atoms with van der Waals surface area (Å²) in [5, 5.41) is 0.498. The molecule has 0 aliphatic heterocycles. The lowest BCUT2D eigenvalue weighted by Gasteiger charge is -2.19. The molecule has 0 N–H and O–H groups in total. The number of nitrogens with zero attached hydrogens (tertiary/aromatic N) is 1. The summed E-state index contributed by atoms with van der Waals surface area (Å²) in [4.78, 5) is 37.1. The van der Waals surface area contributed by atoms with Gasteiger partial charge in [0.2, 0.25) is 0 Å². The highest BCUT2D eigenvalue weighted by atomic mass is 16.6. The molecule has 0 radical (unpaired) electrons. The van der Waals surface area contributed by atoms with Crippen molar-refractivity contribution in [1.29, 1.82) is 0 Å². The van der Waals surface area contributed by atoms with Crippen LogP contribution < -0.4 is 0 Å². The van der Waals surface area contributed by atoms with E-state index in [1.54, 1.807) is 39.0 Å². The molecular weight excluding hydrogens is 370 g/mol. The highest BCUT2D eigenvalue weighted by Crippen LogP contribution is 2.25. The van der Waals surface area contributed by atoms with E-state index >= 15 is 0 Å². The molecular formula is C23H23NO5. The summed E-state index contributed by atoms with van der Waals surface area (Å²) >= 11 is 0. The van der Waals surface area contributed by atoms with Crippen molar-refractivity contribution < 1.29 is 23.9 Å². The lowest BCUT2D eigenvalue weighted by molar-refractivity contribution is 0.0471. The Bertz CT molecular complexity index is 1070. The molecule has 3 aromatic rings. The Morgan fingerprint density at radius 1 is 1.00 bits per heavy atom. The summed E-state index contributed by atoms with van der Waals surface area (Å²) in [6, 6.07) is 14.1. The maximum Gasteiger partial charge on any atom is 0.419 e. The number of Topliss-reactive ketones (excluding diaryl/α,β-unsaturated/α-hetero) is 1. The minimum Gasteiger partial charge on any atom is -0.457 e. The molecule has 150 valence electrons. The molecule has 0 saturated carbocycles. The number of carbonyl (C=O) groups excluding carboxylic acids is 3. The van der Waals surface area contributed by atoms with Crippen LogP contribution in [0.3, 0.4) is 0 Å². The number of hydrogen-bond donors (Lipinski definition) is 0. The molecule has 0 fully saturated rings. The second-order valence-electron chi connectivity index (χ2n) is 7.74. The van der Waals surface area contributed by atoms with Gasteiger partial charge in [0, 0.05) is 17.1 Å². The van der Waals surface area contributed by atoms with Crippen LogP contribution in [0.25, 0.3) is 10.9 Å². The topological polar surface area (TPSA) is 74.6 Å². The zero-order valence-corrected chi connectivity index (χ0v) is 16.9. The molecule has 1 aromatic heterocycles. The lowest BCUT2D eigenvalue weighted by Crippen LogP contribution is -2.26. The van der Waals surface area contributed by atoms with E-state index in [1.807, 2.05) is 30.3 Å². The molecule has 0 amide bonds. The molecule has 0 saturated heterocycles. The van der Waals surface area contributed by atoms with Crippen LogP contribution in [0, 0.1) is 0 Å². The number of esters is 1. The third-order valence-electron chi connectivity index (χ3n) is 4.22. The highest BCUT2D eigenvalue weighted by Gasteiger charge is 2.22. The van der Waals surface area contributed by atoms with Crippen molar-refractivity contribution in [1.82, 2.24) is 4.57 Å². The van der Waals surface area contributed by atoms with Gasteiger partial charge in [-0.1, -0.05) is 30.3 Å². The molecule has 0 spiro atoms. The van der Waals surface area contributed by atoms with Crippen LogP contribution in [0.1, 0.15) is 54.0 Å². The first-order chi connectivity index (χ1) is 13.7. The van der Waals surface area contributed by atoms with E-state index in [0.717, 1.165) is 5.56 Å². The molecule has 0 aliphatic rings. The fourth-order valence-electron chi connectivity index (χ4n) is 2.91. The van der Waals surface area contributed by atoms with Gasteiger partial charge in [0.25, 0.3) is 0 Å². The molecule has 0 aliphatic carbocycles.